The van der Waals surface area contributed by atoms with E-state index in [0.29, 0.717) is 17.4 Å². The van der Waals surface area contributed by atoms with Gasteiger partial charge in [0.25, 0.3) is 0 Å². The Labute approximate surface area is 117 Å². The lowest BCUT2D eigenvalue weighted by Gasteiger charge is -2.07. The molecule has 5 heteroatoms. The molecule has 1 heterocycles. The highest BCUT2D eigenvalue weighted by Gasteiger charge is 2.03. The van der Waals surface area contributed by atoms with Crippen LogP contribution in [0.1, 0.15) is 18.9 Å². The molecule has 0 atom stereocenters. The first kappa shape index (κ1) is 14.8. The molecular weight excluding hydrogens is 268 g/mol. The fraction of sp³-hybridized carbons (Fsp3) is 0.308. The zero-order valence-electron chi connectivity index (χ0n) is 10.7. The fourth-order valence-electron chi connectivity index (χ4n) is 1.24. The average Bonchev–Trinajstić information content (AvgIpc) is 2.93. The number of nitrogens with zero attached hydrogens (tertiary/aromatic N) is 1. The van der Waals surface area contributed by atoms with Crippen LogP contribution in [0.2, 0.25) is 5.02 Å². The number of nitrogens with one attached hydrogen (secondary N) is 1. The smallest absolute Gasteiger partial charge is 0.140 e. The van der Waals surface area contributed by atoms with Gasteiger partial charge in [-0.15, -0.1) is 11.3 Å². The largest absolute Gasteiger partial charge is 0.485 e. The molecule has 3 nitrogen and oxygen atoms in total. The monoisotopic (exact) mass is 284 g/mol. The van der Waals surface area contributed by atoms with E-state index in [1.54, 1.807) is 17.5 Å². The van der Waals surface area contributed by atoms with Crippen LogP contribution in [0.5, 0.6) is 5.75 Å². The van der Waals surface area contributed by atoms with Gasteiger partial charge in [-0.25, -0.2) is 4.98 Å². The minimum Gasteiger partial charge on any atom is -0.485 e. The maximum Gasteiger partial charge on any atom is 0.140 e. The van der Waals surface area contributed by atoms with Crippen molar-refractivity contribution in [3.8, 4) is 5.75 Å². The lowest BCUT2D eigenvalue weighted by Crippen LogP contribution is -1.96. The van der Waals surface area contributed by atoms with E-state index in [-0.39, 0.29) is 0 Å². The van der Waals surface area contributed by atoms with Gasteiger partial charge in [0.05, 0.1) is 5.02 Å². The van der Waals surface area contributed by atoms with Gasteiger partial charge in [0.1, 0.15) is 17.4 Å². The van der Waals surface area contributed by atoms with Gasteiger partial charge in [0.15, 0.2) is 0 Å². The molecule has 1 aromatic heterocycles. The van der Waals surface area contributed by atoms with E-state index in [4.69, 9.17) is 16.3 Å². The normalized spacial score (nSPS) is 9.33. The summed E-state index contributed by atoms with van der Waals surface area (Å²) in [6, 6.07) is 5.60. The topological polar surface area (TPSA) is 34.1 Å². The van der Waals surface area contributed by atoms with Crippen molar-refractivity contribution in [1.29, 1.82) is 0 Å². The van der Waals surface area contributed by atoms with Crippen molar-refractivity contribution in [2.45, 2.75) is 20.5 Å². The Morgan fingerprint density at radius 3 is 2.72 bits per heavy atom. The summed E-state index contributed by atoms with van der Waals surface area (Å²) in [4.78, 5) is 4.13. The number of hydrogen-bond donors (Lipinski definition) is 1. The first-order valence-electron chi connectivity index (χ1n) is 5.78. The summed E-state index contributed by atoms with van der Waals surface area (Å²) in [5, 5.41) is 6.47. The van der Waals surface area contributed by atoms with Crippen molar-refractivity contribution in [3.05, 3.63) is 39.8 Å². The molecule has 18 heavy (non-hydrogen) atoms. The van der Waals surface area contributed by atoms with Crippen LogP contribution in [0, 0.1) is 0 Å². The maximum absolute atomic E-state index is 6.07. The number of anilines is 1. The van der Waals surface area contributed by atoms with Gasteiger partial charge in [0.2, 0.25) is 0 Å². The Balaban J connectivity index is 0.000000771. The van der Waals surface area contributed by atoms with Gasteiger partial charge in [0, 0.05) is 24.3 Å². The van der Waals surface area contributed by atoms with Crippen molar-refractivity contribution in [2.24, 2.45) is 0 Å². The lowest BCUT2D eigenvalue weighted by atomic mass is 10.3. The lowest BCUT2D eigenvalue weighted by molar-refractivity contribution is 0.306. The molecule has 98 valence electrons. The zero-order chi connectivity index (χ0) is 13.4. The number of hydrogen-bond acceptors (Lipinski definition) is 4. The van der Waals surface area contributed by atoms with Gasteiger partial charge in [-0.3, -0.25) is 0 Å². The molecule has 0 spiro atoms. The first-order valence-corrected chi connectivity index (χ1v) is 7.04. The molecule has 2 aromatic rings. The third-order valence-corrected chi connectivity index (χ3v) is 3.10. The van der Waals surface area contributed by atoms with Crippen LogP contribution in [0.3, 0.4) is 0 Å². The quantitative estimate of drug-likeness (QED) is 0.901. The van der Waals surface area contributed by atoms with E-state index in [0.717, 1.165) is 10.7 Å². The molecule has 0 radical (unpaired) electrons. The van der Waals surface area contributed by atoms with Crippen molar-refractivity contribution in [3.63, 3.8) is 0 Å². The van der Waals surface area contributed by atoms with Crippen LogP contribution < -0.4 is 10.1 Å². The van der Waals surface area contributed by atoms with Gasteiger partial charge < -0.3 is 10.1 Å². The van der Waals surface area contributed by atoms with E-state index >= 15 is 0 Å². The second kappa shape index (κ2) is 7.95. The molecule has 0 aliphatic rings. The molecule has 0 bridgehead atoms. The van der Waals surface area contributed by atoms with E-state index < -0.39 is 0 Å². The van der Waals surface area contributed by atoms with Crippen molar-refractivity contribution < 1.29 is 4.74 Å². The summed E-state index contributed by atoms with van der Waals surface area (Å²) in [5.74, 6) is 0.677. The summed E-state index contributed by atoms with van der Waals surface area (Å²) >= 11 is 7.63. The highest BCUT2D eigenvalue weighted by Crippen LogP contribution is 2.28. The third kappa shape index (κ3) is 4.20. The number of ether oxygens (including phenoxy) is 1. The van der Waals surface area contributed by atoms with Crippen molar-refractivity contribution in [2.75, 3.05) is 12.4 Å². The fourth-order valence-corrected chi connectivity index (χ4v) is 2.00. The highest BCUT2D eigenvalue weighted by atomic mass is 35.5. The molecule has 1 N–H and O–H groups in total. The molecule has 0 aliphatic carbocycles. The van der Waals surface area contributed by atoms with E-state index in [1.165, 1.54) is 0 Å². The standard InChI is InChI=1S/C11H11ClN2OS.C2H6/c1-13-8-2-3-10(9(12)6-8)15-7-11-14-4-5-16-11;1-2/h2-6,13H,7H2,1H3;1-2H3. The van der Waals surface area contributed by atoms with Gasteiger partial charge >= 0.3 is 0 Å². The number of rotatable bonds is 4. The Bertz CT molecular complexity index is 460. The summed E-state index contributed by atoms with van der Waals surface area (Å²) < 4.78 is 5.57. The van der Waals surface area contributed by atoms with Gasteiger partial charge in [-0.05, 0) is 18.2 Å². The van der Waals surface area contributed by atoms with Crippen LogP contribution in [-0.2, 0) is 6.61 Å². The van der Waals surface area contributed by atoms with E-state index in [9.17, 15) is 0 Å². The Morgan fingerprint density at radius 2 is 2.17 bits per heavy atom. The van der Waals surface area contributed by atoms with Crippen LogP contribution >= 0.6 is 22.9 Å². The second-order valence-electron chi connectivity index (χ2n) is 3.11. The SMILES string of the molecule is CC.CNc1ccc(OCc2nccs2)c(Cl)c1. The van der Waals surface area contributed by atoms with Crippen LogP contribution in [0.25, 0.3) is 0 Å². The Hall–Kier alpha value is -1.26. The molecule has 0 unspecified atom stereocenters. The summed E-state index contributed by atoms with van der Waals surface area (Å²) in [5.41, 5.74) is 0.964. The molecule has 0 saturated heterocycles. The molecule has 0 amide bonds. The Kier molecular flexibility index (Phi) is 6.54. The number of aromatic nitrogens is 1. The van der Waals surface area contributed by atoms with Crippen LogP contribution in [0.4, 0.5) is 5.69 Å². The predicted molar refractivity (Wildman–Crippen MR) is 78.8 cm³/mol. The van der Waals surface area contributed by atoms with E-state index in [2.05, 4.69) is 10.3 Å². The summed E-state index contributed by atoms with van der Waals surface area (Å²) in [6.07, 6.45) is 1.76. The van der Waals surface area contributed by atoms with Gasteiger partial charge in [-0.1, -0.05) is 25.4 Å². The predicted octanol–water partition coefficient (Wildman–Crippen LogP) is 4.44. The zero-order valence-corrected chi connectivity index (χ0v) is 12.3. The summed E-state index contributed by atoms with van der Waals surface area (Å²) in [7, 11) is 1.85. The van der Waals surface area contributed by atoms with Crippen LogP contribution in [-0.4, -0.2) is 12.0 Å². The molecule has 0 saturated carbocycles. The van der Waals surface area contributed by atoms with Crippen molar-refractivity contribution in [1.82, 2.24) is 4.98 Å². The van der Waals surface area contributed by atoms with Crippen LogP contribution in [0.15, 0.2) is 29.8 Å². The average molecular weight is 285 g/mol. The minimum absolute atomic E-state index is 0.455. The number of thiazole rings is 1. The van der Waals surface area contributed by atoms with Gasteiger partial charge in [-0.2, -0.15) is 0 Å². The number of benzene rings is 1. The Morgan fingerprint density at radius 1 is 1.39 bits per heavy atom. The maximum atomic E-state index is 6.07. The third-order valence-electron chi connectivity index (χ3n) is 2.06. The molecule has 0 aliphatic heterocycles. The van der Waals surface area contributed by atoms with E-state index in [1.807, 2.05) is 44.5 Å². The molecule has 2 rings (SSSR count). The molecule has 1 aromatic carbocycles. The highest BCUT2D eigenvalue weighted by molar-refractivity contribution is 7.09. The second-order valence-corrected chi connectivity index (χ2v) is 4.50. The molecule has 0 fully saturated rings. The summed E-state index contributed by atoms with van der Waals surface area (Å²) in [6.45, 7) is 4.45. The number of halogens is 1. The first-order chi connectivity index (χ1) is 8.79. The van der Waals surface area contributed by atoms with Crippen molar-refractivity contribution >= 4 is 28.6 Å². The molecular formula is C13H17ClN2OS. The minimum atomic E-state index is 0.455.